The van der Waals surface area contributed by atoms with Crippen molar-refractivity contribution < 1.29 is 19.1 Å². The molecule has 0 aromatic heterocycles. The summed E-state index contributed by atoms with van der Waals surface area (Å²) in [5.74, 6) is -1.19. The Bertz CT molecular complexity index is 767. The zero-order valence-corrected chi connectivity index (χ0v) is 13.7. The summed E-state index contributed by atoms with van der Waals surface area (Å²) in [7, 11) is 0. The van der Waals surface area contributed by atoms with Crippen molar-refractivity contribution in [3.8, 4) is 0 Å². The molecule has 0 saturated carbocycles. The molecule has 0 radical (unpaired) electrons. The molecule has 0 aliphatic rings. The third kappa shape index (κ3) is 4.52. The van der Waals surface area contributed by atoms with E-state index < -0.39 is 11.9 Å². The molecule has 124 valence electrons. The van der Waals surface area contributed by atoms with Gasteiger partial charge in [0.2, 0.25) is 0 Å². The number of aryl methyl sites for hydroxylation is 1. The summed E-state index contributed by atoms with van der Waals surface area (Å²) in [6.07, 6.45) is 0.786. The number of anilines is 1. The Labute approximate surface area is 140 Å². The Balaban J connectivity index is 1.95. The molecule has 0 unspecified atom stereocenters. The van der Waals surface area contributed by atoms with Crippen LogP contribution in [0.3, 0.4) is 0 Å². The molecule has 1 N–H and O–H groups in total. The van der Waals surface area contributed by atoms with Crippen LogP contribution in [-0.4, -0.2) is 24.3 Å². The monoisotopic (exact) mass is 325 g/mol. The second-order valence-electron chi connectivity index (χ2n) is 5.27. The minimum atomic E-state index is -0.642. The lowest BCUT2D eigenvalue weighted by Crippen LogP contribution is -2.21. The van der Waals surface area contributed by atoms with Gasteiger partial charge in [-0.1, -0.05) is 37.3 Å². The molecule has 5 heteroatoms. The number of Topliss-reactive ketones (excluding diaryl/α,β-unsaturated/α-hetero) is 1. The lowest BCUT2D eigenvalue weighted by Gasteiger charge is -2.10. The van der Waals surface area contributed by atoms with Gasteiger partial charge in [-0.25, -0.2) is 4.79 Å². The molecule has 0 spiro atoms. The van der Waals surface area contributed by atoms with E-state index in [-0.39, 0.29) is 18.0 Å². The number of ketones is 1. The van der Waals surface area contributed by atoms with Crippen molar-refractivity contribution in [2.75, 3.05) is 11.9 Å². The van der Waals surface area contributed by atoms with Crippen LogP contribution >= 0.6 is 0 Å². The third-order valence-corrected chi connectivity index (χ3v) is 3.51. The van der Waals surface area contributed by atoms with Crippen molar-refractivity contribution >= 4 is 23.3 Å². The SMILES string of the molecule is CCc1ccccc1NC(=O)COC(=O)c1cccc(C(C)=O)c1. The maximum absolute atomic E-state index is 12.0. The highest BCUT2D eigenvalue weighted by Crippen LogP contribution is 2.15. The number of hydrogen-bond acceptors (Lipinski definition) is 4. The van der Waals surface area contributed by atoms with Crippen LogP contribution in [0, 0.1) is 0 Å². The van der Waals surface area contributed by atoms with Crippen molar-refractivity contribution in [1.29, 1.82) is 0 Å². The van der Waals surface area contributed by atoms with E-state index in [4.69, 9.17) is 4.74 Å². The van der Waals surface area contributed by atoms with Gasteiger partial charge in [0.1, 0.15) is 0 Å². The molecule has 5 nitrogen and oxygen atoms in total. The van der Waals surface area contributed by atoms with Gasteiger partial charge in [0.15, 0.2) is 12.4 Å². The fraction of sp³-hybridized carbons (Fsp3) is 0.211. The summed E-state index contributed by atoms with van der Waals surface area (Å²) >= 11 is 0. The molecule has 0 saturated heterocycles. The van der Waals surface area contributed by atoms with Crippen molar-refractivity contribution in [2.45, 2.75) is 20.3 Å². The highest BCUT2D eigenvalue weighted by Gasteiger charge is 2.12. The molecule has 0 heterocycles. The highest BCUT2D eigenvalue weighted by atomic mass is 16.5. The number of nitrogens with one attached hydrogen (secondary N) is 1. The van der Waals surface area contributed by atoms with Gasteiger partial charge >= 0.3 is 5.97 Å². The smallest absolute Gasteiger partial charge is 0.338 e. The van der Waals surface area contributed by atoms with Crippen molar-refractivity contribution in [3.05, 3.63) is 65.2 Å². The molecule has 0 atom stereocenters. The number of rotatable bonds is 6. The predicted molar refractivity (Wildman–Crippen MR) is 91.2 cm³/mol. The Morgan fingerprint density at radius 3 is 2.42 bits per heavy atom. The predicted octanol–water partition coefficient (Wildman–Crippen LogP) is 3.25. The van der Waals surface area contributed by atoms with E-state index in [1.54, 1.807) is 24.3 Å². The molecule has 2 rings (SSSR count). The van der Waals surface area contributed by atoms with Crippen LogP contribution in [0.4, 0.5) is 5.69 Å². The first kappa shape index (κ1) is 17.4. The molecular formula is C19H19NO4. The van der Waals surface area contributed by atoms with Crippen LogP contribution in [0.1, 0.15) is 40.1 Å². The molecule has 0 fully saturated rings. The van der Waals surface area contributed by atoms with Crippen LogP contribution in [0.15, 0.2) is 48.5 Å². The summed E-state index contributed by atoms with van der Waals surface area (Å²) in [5, 5.41) is 2.73. The van der Waals surface area contributed by atoms with E-state index >= 15 is 0 Å². The van der Waals surface area contributed by atoms with Gasteiger partial charge in [-0.3, -0.25) is 9.59 Å². The average molecular weight is 325 g/mol. The van der Waals surface area contributed by atoms with E-state index in [1.807, 2.05) is 25.1 Å². The number of benzene rings is 2. The van der Waals surface area contributed by atoms with Crippen LogP contribution < -0.4 is 5.32 Å². The Morgan fingerprint density at radius 1 is 1.00 bits per heavy atom. The second kappa shape index (κ2) is 8.06. The zero-order chi connectivity index (χ0) is 17.5. The first-order chi connectivity index (χ1) is 11.5. The lowest BCUT2D eigenvalue weighted by atomic mass is 10.1. The maximum atomic E-state index is 12.0. The number of ether oxygens (including phenoxy) is 1. The van der Waals surface area contributed by atoms with Gasteiger partial charge in [-0.15, -0.1) is 0 Å². The number of para-hydroxylation sites is 1. The fourth-order valence-electron chi connectivity index (χ4n) is 2.22. The molecule has 2 aromatic rings. The Kier molecular flexibility index (Phi) is 5.84. The Hall–Kier alpha value is -2.95. The molecule has 0 aliphatic carbocycles. The number of amides is 1. The minimum Gasteiger partial charge on any atom is -0.452 e. The van der Waals surface area contributed by atoms with E-state index in [0.29, 0.717) is 11.3 Å². The normalized spacial score (nSPS) is 10.1. The summed E-state index contributed by atoms with van der Waals surface area (Å²) in [6.45, 7) is 3.03. The van der Waals surface area contributed by atoms with Crippen LogP contribution in [0.5, 0.6) is 0 Å². The molecule has 2 aromatic carbocycles. The van der Waals surface area contributed by atoms with Crippen molar-refractivity contribution in [2.24, 2.45) is 0 Å². The van der Waals surface area contributed by atoms with Crippen LogP contribution in [0.25, 0.3) is 0 Å². The molecule has 1 amide bonds. The number of hydrogen-bond donors (Lipinski definition) is 1. The van der Waals surface area contributed by atoms with Gasteiger partial charge in [0.25, 0.3) is 5.91 Å². The molecular weight excluding hydrogens is 306 g/mol. The molecule has 0 bridgehead atoms. The topological polar surface area (TPSA) is 72.5 Å². The third-order valence-electron chi connectivity index (χ3n) is 3.51. The average Bonchev–Trinajstić information content (AvgIpc) is 2.60. The van der Waals surface area contributed by atoms with Crippen molar-refractivity contribution in [1.82, 2.24) is 0 Å². The molecule has 0 aliphatic heterocycles. The van der Waals surface area contributed by atoms with Gasteiger partial charge in [0.05, 0.1) is 5.56 Å². The standard InChI is InChI=1S/C19H19NO4/c1-3-14-7-4-5-10-17(14)20-18(22)12-24-19(23)16-9-6-8-15(11-16)13(2)21/h4-11H,3,12H2,1-2H3,(H,20,22). The van der Waals surface area contributed by atoms with E-state index in [1.165, 1.54) is 13.0 Å². The quantitative estimate of drug-likeness (QED) is 0.653. The number of esters is 1. The van der Waals surface area contributed by atoms with Crippen molar-refractivity contribution in [3.63, 3.8) is 0 Å². The summed E-state index contributed by atoms with van der Waals surface area (Å²) in [4.78, 5) is 35.3. The fourth-order valence-corrected chi connectivity index (χ4v) is 2.22. The second-order valence-corrected chi connectivity index (χ2v) is 5.27. The van der Waals surface area contributed by atoms with Crippen LogP contribution in [0.2, 0.25) is 0 Å². The Morgan fingerprint density at radius 2 is 1.71 bits per heavy atom. The zero-order valence-electron chi connectivity index (χ0n) is 13.7. The summed E-state index contributed by atoms with van der Waals surface area (Å²) in [5.41, 5.74) is 2.38. The number of carbonyl (C=O) groups is 3. The largest absolute Gasteiger partial charge is 0.452 e. The van der Waals surface area contributed by atoms with E-state index in [2.05, 4.69) is 5.32 Å². The first-order valence-electron chi connectivity index (χ1n) is 7.67. The minimum absolute atomic E-state index is 0.140. The number of carbonyl (C=O) groups excluding carboxylic acids is 3. The van der Waals surface area contributed by atoms with Gasteiger partial charge in [0, 0.05) is 11.3 Å². The summed E-state index contributed by atoms with van der Waals surface area (Å²) in [6, 6.07) is 13.7. The van der Waals surface area contributed by atoms with Gasteiger partial charge < -0.3 is 10.1 Å². The van der Waals surface area contributed by atoms with Crippen LogP contribution in [-0.2, 0) is 16.0 Å². The van der Waals surface area contributed by atoms with Gasteiger partial charge in [-0.2, -0.15) is 0 Å². The highest BCUT2D eigenvalue weighted by molar-refractivity contribution is 5.99. The van der Waals surface area contributed by atoms with E-state index in [0.717, 1.165) is 12.0 Å². The van der Waals surface area contributed by atoms with E-state index in [9.17, 15) is 14.4 Å². The first-order valence-corrected chi connectivity index (χ1v) is 7.67. The summed E-state index contributed by atoms with van der Waals surface area (Å²) < 4.78 is 5.01. The lowest BCUT2D eigenvalue weighted by molar-refractivity contribution is -0.119. The molecule has 24 heavy (non-hydrogen) atoms. The van der Waals surface area contributed by atoms with Gasteiger partial charge in [-0.05, 0) is 37.1 Å². The maximum Gasteiger partial charge on any atom is 0.338 e.